The Balaban J connectivity index is 1.77. The fourth-order valence-electron chi connectivity index (χ4n) is 3.28. The van der Waals surface area contributed by atoms with E-state index in [1.807, 2.05) is 27.7 Å². The monoisotopic (exact) mass is 419 g/mol. The average Bonchev–Trinajstić information content (AvgIpc) is 2.67. The van der Waals surface area contributed by atoms with Gasteiger partial charge < -0.3 is 20.1 Å². The lowest BCUT2D eigenvalue weighted by atomic mass is 9.97. The molecule has 8 heteroatoms. The van der Waals surface area contributed by atoms with Gasteiger partial charge in [-0.25, -0.2) is 9.59 Å². The van der Waals surface area contributed by atoms with Gasteiger partial charge in [0.25, 0.3) is 0 Å². The first-order valence-electron chi connectivity index (χ1n) is 10.3. The lowest BCUT2D eigenvalue weighted by Gasteiger charge is -2.31. The molecule has 2 rings (SSSR count). The molecule has 2 amide bonds. The van der Waals surface area contributed by atoms with Crippen molar-refractivity contribution in [3.63, 3.8) is 0 Å². The van der Waals surface area contributed by atoms with E-state index in [0.717, 1.165) is 31.5 Å². The van der Waals surface area contributed by atoms with E-state index in [-0.39, 0.29) is 12.5 Å². The summed E-state index contributed by atoms with van der Waals surface area (Å²) in [7, 11) is 1.33. The van der Waals surface area contributed by atoms with Crippen molar-refractivity contribution in [2.45, 2.75) is 46.1 Å². The van der Waals surface area contributed by atoms with Crippen LogP contribution in [0.1, 0.15) is 49.5 Å². The molecule has 8 nitrogen and oxygen atoms in total. The highest BCUT2D eigenvalue weighted by Gasteiger charge is 2.23. The second kappa shape index (κ2) is 10.4. The molecule has 0 bridgehead atoms. The molecule has 0 radical (unpaired) electrons. The summed E-state index contributed by atoms with van der Waals surface area (Å²) >= 11 is 0. The summed E-state index contributed by atoms with van der Waals surface area (Å²) in [5.74, 6) is -0.186. The van der Waals surface area contributed by atoms with Crippen molar-refractivity contribution < 1.29 is 23.9 Å². The van der Waals surface area contributed by atoms with E-state index in [9.17, 15) is 14.4 Å². The first-order valence-corrected chi connectivity index (χ1v) is 10.3. The maximum Gasteiger partial charge on any atom is 0.407 e. The molecule has 1 aliphatic heterocycles. The molecule has 1 aromatic rings. The summed E-state index contributed by atoms with van der Waals surface area (Å²) in [5.41, 5.74) is 1.38. The van der Waals surface area contributed by atoms with Gasteiger partial charge >= 0.3 is 12.1 Å². The van der Waals surface area contributed by atoms with Crippen LogP contribution in [-0.4, -0.2) is 61.8 Å². The fraction of sp³-hybridized carbons (Fsp3) is 0.591. The number of benzene rings is 1. The number of alkyl carbamates (subject to hydrolysis) is 1. The number of nitrogens with zero attached hydrogens (tertiary/aromatic N) is 1. The van der Waals surface area contributed by atoms with Crippen molar-refractivity contribution in [1.29, 1.82) is 0 Å². The van der Waals surface area contributed by atoms with E-state index in [1.54, 1.807) is 18.2 Å². The normalized spacial score (nSPS) is 15.4. The zero-order valence-corrected chi connectivity index (χ0v) is 18.5. The van der Waals surface area contributed by atoms with Crippen LogP contribution in [0.4, 0.5) is 10.5 Å². The Bertz CT molecular complexity index is 765. The number of ether oxygens (including phenoxy) is 2. The number of nitrogens with one attached hydrogen (secondary N) is 2. The number of anilines is 1. The van der Waals surface area contributed by atoms with Crippen molar-refractivity contribution in [2.75, 3.05) is 38.6 Å². The van der Waals surface area contributed by atoms with Crippen LogP contribution in [0.15, 0.2) is 18.2 Å². The van der Waals surface area contributed by atoms with Gasteiger partial charge in [-0.1, -0.05) is 6.07 Å². The first-order chi connectivity index (χ1) is 14.1. The molecule has 1 aliphatic rings. The number of hydrogen-bond donors (Lipinski definition) is 2. The standard InChI is InChI=1S/C22H33N3O5/c1-15-6-7-17(20(27)29-5)12-18(15)24-19(26)14-25-10-8-16(9-11-25)13-23-21(28)30-22(2,3)4/h6-7,12,16H,8-11,13-14H2,1-5H3,(H,23,28)(H,24,26). The van der Waals surface area contributed by atoms with Gasteiger partial charge in [0.2, 0.25) is 5.91 Å². The van der Waals surface area contributed by atoms with Gasteiger partial charge in [0.1, 0.15) is 5.60 Å². The molecule has 0 aliphatic carbocycles. The zero-order valence-electron chi connectivity index (χ0n) is 18.5. The number of esters is 1. The van der Waals surface area contributed by atoms with Crippen LogP contribution in [0, 0.1) is 12.8 Å². The number of carbonyl (C=O) groups excluding carboxylic acids is 3. The average molecular weight is 420 g/mol. The van der Waals surface area contributed by atoms with Crippen LogP contribution >= 0.6 is 0 Å². The van der Waals surface area contributed by atoms with Crippen LogP contribution in [0.5, 0.6) is 0 Å². The smallest absolute Gasteiger partial charge is 0.407 e. The maximum atomic E-state index is 12.5. The number of aryl methyl sites for hydroxylation is 1. The summed E-state index contributed by atoms with van der Waals surface area (Å²) in [6.07, 6.45) is 1.41. The van der Waals surface area contributed by atoms with Gasteiger partial charge in [-0.3, -0.25) is 9.69 Å². The van der Waals surface area contributed by atoms with Crippen LogP contribution in [0.2, 0.25) is 0 Å². The predicted octanol–water partition coefficient (Wildman–Crippen LogP) is 2.96. The molecule has 30 heavy (non-hydrogen) atoms. The third kappa shape index (κ3) is 7.67. The molecule has 0 atom stereocenters. The lowest BCUT2D eigenvalue weighted by molar-refractivity contribution is -0.117. The molecule has 1 heterocycles. The summed E-state index contributed by atoms with van der Waals surface area (Å²) in [4.78, 5) is 38.0. The SMILES string of the molecule is COC(=O)c1ccc(C)c(NC(=O)CN2CCC(CNC(=O)OC(C)(C)C)CC2)c1. The maximum absolute atomic E-state index is 12.5. The van der Waals surface area contributed by atoms with Crippen LogP contribution in [0.3, 0.4) is 0 Å². The molecule has 0 saturated carbocycles. The highest BCUT2D eigenvalue weighted by Crippen LogP contribution is 2.19. The first kappa shape index (κ1) is 23.7. The highest BCUT2D eigenvalue weighted by atomic mass is 16.6. The van der Waals surface area contributed by atoms with E-state index < -0.39 is 17.7 Å². The number of rotatable bonds is 6. The van der Waals surface area contributed by atoms with Crippen molar-refractivity contribution in [3.05, 3.63) is 29.3 Å². The van der Waals surface area contributed by atoms with Crippen molar-refractivity contribution in [3.8, 4) is 0 Å². The molecule has 2 N–H and O–H groups in total. The van der Waals surface area contributed by atoms with Crippen molar-refractivity contribution in [2.24, 2.45) is 5.92 Å². The summed E-state index contributed by atoms with van der Waals surface area (Å²) in [6.45, 7) is 9.82. The van der Waals surface area contributed by atoms with Crippen LogP contribution < -0.4 is 10.6 Å². The Kier molecular flexibility index (Phi) is 8.23. The van der Waals surface area contributed by atoms with E-state index in [0.29, 0.717) is 23.7 Å². The molecule has 1 saturated heterocycles. The number of amides is 2. The molecular weight excluding hydrogens is 386 g/mol. The predicted molar refractivity (Wildman–Crippen MR) is 115 cm³/mol. The Morgan fingerprint density at radius 2 is 1.83 bits per heavy atom. The Morgan fingerprint density at radius 1 is 1.17 bits per heavy atom. The van der Waals surface area contributed by atoms with Gasteiger partial charge in [-0.15, -0.1) is 0 Å². The van der Waals surface area contributed by atoms with Gasteiger partial charge in [0, 0.05) is 12.2 Å². The molecule has 1 fully saturated rings. The second-order valence-electron chi connectivity index (χ2n) is 8.67. The van der Waals surface area contributed by atoms with Crippen molar-refractivity contribution in [1.82, 2.24) is 10.2 Å². The Hall–Kier alpha value is -2.61. The Labute approximate surface area is 178 Å². The van der Waals surface area contributed by atoms with E-state index in [1.165, 1.54) is 7.11 Å². The third-order valence-corrected chi connectivity index (χ3v) is 4.94. The Morgan fingerprint density at radius 3 is 2.43 bits per heavy atom. The van der Waals surface area contributed by atoms with E-state index in [4.69, 9.17) is 9.47 Å². The summed E-state index contributed by atoms with van der Waals surface area (Å²) in [5, 5.41) is 5.71. The number of carbonyl (C=O) groups is 3. The number of hydrogen-bond acceptors (Lipinski definition) is 6. The van der Waals surface area contributed by atoms with Gasteiger partial charge in [0.15, 0.2) is 0 Å². The number of methoxy groups -OCH3 is 1. The number of likely N-dealkylation sites (tertiary alicyclic amines) is 1. The molecule has 1 aromatic carbocycles. The lowest BCUT2D eigenvalue weighted by Crippen LogP contribution is -2.42. The number of piperidine rings is 1. The third-order valence-electron chi connectivity index (χ3n) is 4.94. The molecule has 0 unspecified atom stereocenters. The quantitative estimate of drug-likeness (QED) is 0.688. The van der Waals surface area contributed by atoms with E-state index >= 15 is 0 Å². The topological polar surface area (TPSA) is 97.0 Å². The molecule has 0 spiro atoms. The largest absolute Gasteiger partial charge is 0.465 e. The fourth-order valence-corrected chi connectivity index (χ4v) is 3.28. The zero-order chi connectivity index (χ0) is 22.3. The van der Waals surface area contributed by atoms with Gasteiger partial charge in [-0.2, -0.15) is 0 Å². The molecule has 166 valence electrons. The van der Waals surface area contributed by atoms with E-state index in [2.05, 4.69) is 15.5 Å². The minimum absolute atomic E-state index is 0.120. The molecule has 0 aromatic heterocycles. The van der Waals surface area contributed by atoms with Crippen molar-refractivity contribution >= 4 is 23.7 Å². The van der Waals surface area contributed by atoms with Gasteiger partial charge in [-0.05, 0) is 77.2 Å². The summed E-state index contributed by atoms with van der Waals surface area (Å²) in [6, 6.07) is 5.09. The minimum atomic E-state index is -0.504. The van der Waals surface area contributed by atoms with Crippen LogP contribution in [0.25, 0.3) is 0 Å². The van der Waals surface area contributed by atoms with Crippen LogP contribution in [-0.2, 0) is 14.3 Å². The van der Waals surface area contributed by atoms with Gasteiger partial charge in [0.05, 0.1) is 19.2 Å². The second-order valence-corrected chi connectivity index (χ2v) is 8.67. The summed E-state index contributed by atoms with van der Waals surface area (Å²) < 4.78 is 9.99. The highest BCUT2D eigenvalue weighted by molar-refractivity contribution is 5.96. The minimum Gasteiger partial charge on any atom is -0.465 e. The molecular formula is C22H33N3O5.